The van der Waals surface area contributed by atoms with Crippen LogP contribution in [0.3, 0.4) is 0 Å². The molecule has 1 atom stereocenters. The van der Waals surface area contributed by atoms with Crippen molar-refractivity contribution in [3.63, 3.8) is 0 Å². The lowest BCUT2D eigenvalue weighted by Gasteiger charge is -2.17. The van der Waals surface area contributed by atoms with Gasteiger partial charge in [-0.25, -0.2) is 4.39 Å². The Morgan fingerprint density at radius 3 is 2.76 bits per heavy atom. The number of rotatable bonds is 7. The van der Waals surface area contributed by atoms with E-state index in [-0.39, 0.29) is 17.6 Å². The first-order valence-corrected chi connectivity index (χ1v) is 5.81. The fourth-order valence-corrected chi connectivity index (χ4v) is 1.58. The summed E-state index contributed by atoms with van der Waals surface area (Å²) in [6.45, 7) is 3.37. The van der Waals surface area contributed by atoms with Crippen molar-refractivity contribution in [1.29, 1.82) is 0 Å². The average molecular weight is 241 g/mol. The molecular formula is C13H20FNO2. The van der Waals surface area contributed by atoms with E-state index < -0.39 is 0 Å². The van der Waals surface area contributed by atoms with E-state index >= 15 is 0 Å². The zero-order valence-corrected chi connectivity index (χ0v) is 10.6. The highest BCUT2D eigenvalue weighted by atomic mass is 19.1. The highest BCUT2D eigenvalue weighted by Gasteiger charge is 2.12. The number of likely N-dealkylation sites (N-methyl/N-ethyl adjacent to an activating group) is 1. The van der Waals surface area contributed by atoms with Gasteiger partial charge in [-0.2, -0.15) is 0 Å². The second-order valence-electron chi connectivity index (χ2n) is 3.81. The second-order valence-corrected chi connectivity index (χ2v) is 3.81. The number of halogens is 1. The van der Waals surface area contributed by atoms with Gasteiger partial charge in [-0.05, 0) is 31.2 Å². The monoisotopic (exact) mass is 241 g/mol. The van der Waals surface area contributed by atoms with Gasteiger partial charge in [0.2, 0.25) is 0 Å². The number of hydrogen-bond acceptors (Lipinski definition) is 3. The third-order valence-corrected chi connectivity index (χ3v) is 2.56. The maximum absolute atomic E-state index is 13.3. The van der Waals surface area contributed by atoms with Gasteiger partial charge >= 0.3 is 0 Å². The molecule has 0 saturated carbocycles. The predicted octanol–water partition coefficient (Wildman–Crippen LogP) is 2.52. The summed E-state index contributed by atoms with van der Waals surface area (Å²) in [7, 11) is 3.32. The first kappa shape index (κ1) is 13.9. The summed E-state index contributed by atoms with van der Waals surface area (Å²) < 4.78 is 23.7. The molecule has 0 radical (unpaired) electrons. The summed E-state index contributed by atoms with van der Waals surface area (Å²) in [6, 6.07) is 4.91. The molecule has 0 heterocycles. The van der Waals surface area contributed by atoms with Crippen LogP contribution in [-0.4, -0.2) is 27.4 Å². The summed E-state index contributed by atoms with van der Waals surface area (Å²) in [6.07, 6.45) is 0.989. The van der Waals surface area contributed by atoms with Crippen molar-refractivity contribution in [2.24, 2.45) is 0 Å². The van der Waals surface area contributed by atoms with Crippen LogP contribution in [0.1, 0.15) is 24.9 Å². The van der Waals surface area contributed by atoms with Crippen molar-refractivity contribution in [3.8, 4) is 5.75 Å². The lowest BCUT2D eigenvalue weighted by molar-refractivity contribution is 0.114. The van der Waals surface area contributed by atoms with E-state index in [9.17, 15) is 4.39 Å². The van der Waals surface area contributed by atoms with E-state index in [1.807, 2.05) is 7.05 Å². The van der Waals surface area contributed by atoms with Gasteiger partial charge in [0.1, 0.15) is 0 Å². The zero-order chi connectivity index (χ0) is 12.7. The van der Waals surface area contributed by atoms with Gasteiger partial charge in [-0.1, -0.05) is 13.0 Å². The molecule has 0 aliphatic carbocycles. The Morgan fingerprint density at radius 1 is 1.41 bits per heavy atom. The SMILES string of the molecule is CCCOCC(NC)c1ccc(F)c(OC)c1. The van der Waals surface area contributed by atoms with Gasteiger partial charge in [0.05, 0.1) is 19.8 Å². The van der Waals surface area contributed by atoms with E-state index in [0.29, 0.717) is 6.61 Å². The molecule has 0 aromatic heterocycles. The maximum Gasteiger partial charge on any atom is 0.165 e. The third kappa shape index (κ3) is 3.98. The fraction of sp³-hybridized carbons (Fsp3) is 0.538. The standard InChI is InChI=1S/C13H20FNO2/c1-4-7-17-9-12(15-2)10-5-6-11(14)13(8-10)16-3/h5-6,8,12,15H,4,7,9H2,1-3H3. The minimum absolute atomic E-state index is 0.0519. The van der Waals surface area contributed by atoms with Crippen LogP contribution >= 0.6 is 0 Å². The normalized spacial score (nSPS) is 12.5. The lowest BCUT2D eigenvalue weighted by atomic mass is 10.1. The Labute approximate surface area is 102 Å². The Kier molecular flexibility index (Phi) is 5.94. The summed E-state index contributed by atoms with van der Waals surface area (Å²) in [5.41, 5.74) is 0.960. The highest BCUT2D eigenvalue weighted by Crippen LogP contribution is 2.22. The largest absolute Gasteiger partial charge is 0.494 e. The highest BCUT2D eigenvalue weighted by molar-refractivity contribution is 5.32. The number of hydrogen-bond donors (Lipinski definition) is 1. The van der Waals surface area contributed by atoms with Crippen molar-refractivity contribution >= 4 is 0 Å². The maximum atomic E-state index is 13.3. The van der Waals surface area contributed by atoms with Crippen LogP contribution in [0.2, 0.25) is 0 Å². The number of ether oxygens (including phenoxy) is 2. The molecule has 1 aromatic rings. The molecule has 0 saturated heterocycles. The van der Waals surface area contributed by atoms with Crippen molar-refractivity contribution in [3.05, 3.63) is 29.6 Å². The summed E-state index contributed by atoms with van der Waals surface area (Å²) in [4.78, 5) is 0. The third-order valence-electron chi connectivity index (χ3n) is 2.56. The van der Waals surface area contributed by atoms with E-state index in [4.69, 9.17) is 9.47 Å². The van der Waals surface area contributed by atoms with Gasteiger partial charge in [-0.15, -0.1) is 0 Å². The van der Waals surface area contributed by atoms with Gasteiger partial charge in [0.15, 0.2) is 11.6 Å². The Morgan fingerprint density at radius 2 is 2.18 bits per heavy atom. The minimum Gasteiger partial charge on any atom is -0.494 e. The summed E-state index contributed by atoms with van der Waals surface area (Å²) >= 11 is 0. The Hall–Kier alpha value is -1.13. The zero-order valence-electron chi connectivity index (χ0n) is 10.6. The number of benzene rings is 1. The van der Waals surface area contributed by atoms with Gasteiger partial charge < -0.3 is 14.8 Å². The molecular weight excluding hydrogens is 221 g/mol. The van der Waals surface area contributed by atoms with Crippen LogP contribution < -0.4 is 10.1 Å². The summed E-state index contributed by atoms with van der Waals surface area (Å²) in [5, 5.41) is 3.15. The number of methoxy groups -OCH3 is 1. The minimum atomic E-state index is -0.347. The molecule has 0 amide bonds. The molecule has 0 spiro atoms. The topological polar surface area (TPSA) is 30.5 Å². The molecule has 0 aliphatic heterocycles. The molecule has 0 bridgehead atoms. The molecule has 17 heavy (non-hydrogen) atoms. The van der Waals surface area contributed by atoms with E-state index in [2.05, 4.69) is 12.2 Å². The Bertz CT molecular complexity index is 344. The molecule has 0 aliphatic rings. The van der Waals surface area contributed by atoms with Crippen molar-refractivity contribution in [1.82, 2.24) is 5.32 Å². The van der Waals surface area contributed by atoms with Gasteiger partial charge in [0.25, 0.3) is 0 Å². The van der Waals surface area contributed by atoms with Gasteiger partial charge in [-0.3, -0.25) is 0 Å². The molecule has 96 valence electrons. The first-order valence-electron chi connectivity index (χ1n) is 5.81. The Balaban J connectivity index is 2.73. The van der Waals surface area contributed by atoms with Crippen molar-refractivity contribution in [2.45, 2.75) is 19.4 Å². The van der Waals surface area contributed by atoms with Crippen LogP contribution in [-0.2, 0) is 4.74 Å². The lowest BCUT2D eigenvalue weighted by Crippen LogP contribution is -2.22. The quantitative estimate of drug-likeness (QED) is 0.744. The molecule has 1 aromatic carbocycles. The predicted molar refractivity (Wildman–Crippen MR) is 65.9 cm³/mol. The van der Waals surface area contributed by atoms with Crippen LogP contribution in [0.25, 0.3) is 0 Å². The first-order chi connectivity index (χ1) is 8.22. The molecule has 1 unspecified atom stereocenters. The second kappa shape index (κ2) is 7.25. The smallest absolute Gasteiger partial charge is 0.165 e. The van der Waals surface area contributed by atoms with E-state index in [1.54, 1.807) is 12.1 Å². The molecule has 4 heteroatoms. The van der Waals surface area contributed by atoms with Crippen molar-refractivity contribution in [2.75, 3.05) is 27.4 Å². The van der Waals surface area contributed by atoms with E-state index in [0.717, 1.165) is 18.6 Å². The molecule has 1 N–H and O–H groups in total. The molecule has 1 rings (SSSR count). The van der Waals surface area contributed by atoms with E-state index in [1.165, 1.54) is 13.2 Å². The average Bonchev–Trinajstić information content (AvgIpc) is 2.36. The van der Waals surface area contributed by atoms with Crippen LogP contribution in [0.4, 0.5) is 4.39 Å². The summed E-state index contributed by atoms with van der Waals surface area (Å²) in [5.74, 6) is -0.0844. The van der Waals surface area contributed by atoms with Crippen LogP contribution in [0, 0.1) is 5.82 Å². The molecule has 0 fully saturated rings. The van der Waals surface area contributed by atoms with Crippen molar-refractivity contribution < 1.29 is 13.9 Å². The van der Waals surface area contributed by atoms with Crippen LogP contribution in [0.5, 0.6) is 5.75 Å². The van der Waals surface area contributed by atoms with Crippen LogP contribution in [0.15, 0.2) is 18.2 Å². The number of nitrogens with one attached hydrogen (secondary N) is 1. The van der Waals surface area contributed by atoms with Gasteiger partial charge in [0, 0.05) is 6.61 Å². The molecule has 3 nitrogen and oxygen atoms in total. The fourth-order valence-electron chi connectivity index (χ4n) is 1.58.